The highest BCUT2D eigenvalue weighted by molar-refractivity contribution is 7.13. The molecule has 4 aliphatic rings. The van der Waals surface area contributed by atoms with Crippen LogP contribution in [0.15, 0.2) is 77.4 Å². The SMILES string of the molecule is Cc1ncsc1-c1ccc(CNC(=O)[C@@H]2C[C@@H](O)CN2C(=O)[C@@H](NC(=O)CCCCCCCCC(=O)N2CCN(Cc3cnc(N4CC=C(c5cc(NC(=O)c6c[nH]c(=O)cc6C(F)(F)F)c(N6C[C@@H](C)N(C)[C@@H](C)C6)cc5F)CC4)nc3)CC2)C(C)(C)C)cc1. The number of aryl methyl sites for hydroxylation is 1. The number of benzene rings is 2. The number of piperazine rings is 2. The van der Waals surface area contributed by atoms with Crippen molar-refractivity contribution in [1.29, 1.82) is 0 Å². The van der Waals surface area contributed by atoms with Gasteiger partial charge in [-0.3, -0.25) is 38.6 Å². The number of nitrogens with zero attached hydrogens (tertiary/aromatic N) is 9. The van der Waals surface area contributed by atoms with Crippen LogP contribution in [0, 0.1) is 18.2 Å². The maximum absolute atomic E-state index is 16.3. The number of aliphatic hydroxyl groups is 1. The second-order valence-corrected chi connectivity index (χ2v) is 26.6. The summed E-state index contributed by atoms with van der Waals surface area (Å²) in [6.07, 6.45) is 6.51. The molecule has 5 amide bonds. The summed E-state index contributed by atoms with van der Waals surface area (Å²) >= 11 is 1.57. The van der Waals surface area contributed by atoms with E-state index >= 15 is 4.39 Å². The Kier molecular flexibility index (Phi) is 22.2. The molecule has 5 N–H and O–H groups in total. The van der Waals surface area contributed by atoms with Gasteiger partial charge in [0.1, 0.15) is 17.9 Å². The number of unbranched alkanes of at least 4 members (excludes halogenated alkanes) is 5. The molecule has 0 saturated carbocycles. The van der Waals surface area contributed by atoms with Crippen LogP contribution in [-0.4, -0.2) is 170 Å². The van der Waals surface area contributed by atoms with Crippen molar-refractivity contribution in [2.75, 3.05) is 81.1 Å². The van der Waals surface area contributed by atoms with Crippen LogP contribution >= 0.6 is 11.3 Å². The van der Waals surface area contributed by atoms with Gasteiger partial charge in [0.05, 0.1) is 44.7 Å². The first kappa shape index (κ1) is 67.8. The van der Waals surface area contributed by atoms with Gasteiger partial charge in [0.25, 0.3) is 5.91 Å². The minimum atomic E-state index is -4.98. The van der Waals surface area contributed by atoms with E-state index in [9.17, 15) is 47.0 Å². The first-order valence-electron chi connectivity index (χ1n) is 31.5. The number of aromatic amines is 1. The smallest absolute Gasteiger partial charge is 0.391 e. The fourth-order valence-electron chi connectivity index (χ4n) is 12.4. The monoisotopic (exact) mass is 1280 g/mol. The van der Waals surface area contributed by atoms with Crippen LogP contribution in [0.1, 0.15) is 137 Å². The summed E-state index contributed by atoms with van der Waals surface area (Å²) < 4.78 is 58.4. The molecule has 0 unspecified atom stereocenters. The number of H-pyrrole nitrogens is 1. The van der Waals surface area contributed by atoms with E-state index < -0.39 is 64.1 Å². The molecule has 4 aliphatic heterocycles. The van der Waals surface area contributed by atoms with Crippen molar-refractivity contribution in [3.8, 4) is 10.4 Å². The normalized spacial score (nSPS) is 19.7. The first-order valence-corrected chi connectivity index (χ1v) is 32.4. The van der Waals surface area contributed by atoms with Crippen molar-refractivity contribution >= 4 is 63.8 Å². The van der Waals surface area contributed by atoms with E-state index in [-0.39, 0.29) is 67.0 Å². The molecule has 3 fully saturated rings. The topological polar surface area (TPSA) is 233 Å². The Balaban J connectivity index is 0.672. The minimum Gasteiger partial charge on any atom is -0.391 e. The van der Waals surface area contributed by atoms with Crippen LogP contribution in [-0.2, 0) is 38.4 Å². The summed E-state index contributed by atoms with van der Waals surface area (Å²) in [5.41, 5.74) is 3.13. The number of likely N-dealkylation sites (N-methyl/N-ethyl adjacent to an activating group) is 1. The van der Waals surface area contributed by atoms with Crippen molar-refractivity contribution in [2.45, 2.75) is 155 Å². The number of alkyl halides is 3. The number of hydrogen-bond acceptors (Lipinski definition) is 15. The molecule has 7 heterocycles. The lowest BCUT2D eigenvalue weighted by Gasteiger charge is -2.44. The summed E-state index contributed by atoms with van der Waals surface area (Å²) in [5, 5.41) is 19.2. The van der Waals surface area contributed by atoms with Gasteiger partial charge in [-0.1, -0.05) is 76.8 Å². The van der Waals surface area contributed by atoms with Gasteiger partial charge < -0.3 is 45.6 Å². The van der Waals surface area contributed by atoms with E-state index in [1.807, 2.05) is 99.1 Å². The molecule has 5 atom stereocenters. The Morgan fingerprint density at radius 2 is 1.51 bits per heavy atom. The summed E-state index contributed by atoms with van der Waals surface area (Å²) in [5.74, 6) is -2.01. The van der Waals surface area contributed by atoms with E-state index in [2.05, 4.69) is 45.7 Å². The van der Waals surface area contributed by atoms with Gasteiger partial charge in [-0.15, -0.1) is 11.3 Å². The molecule has 3 aromatic heterocycles. The van der Waals surface area contributed by atoms with Gasteiger partial charge in [0, 0.05) is 139 Å². The molecule has 20 nitrogen and oxygen atoms in total. The molecule has 0 aliphatic carbocycles. The highest BCUT2D eigenvalue weighted by atomic mass is 32.1. The molecule has 25 heteroatoms. The highest BCUT2D eigenvalue weighted by Crippen LogP contribution is 2.38. The maximum Gasteiger partial charge on any atom is 0.417 e. The van der Waals surface area contributed by atoms with E-state index in [4.69, 9.17) is 0 Å². The third kappa shape index (κ3) is 17.3. The lowest BCUT2D eigenvalue weighted by Crippen LogP contribution is -2.57. The number of aliphatic hydroxyl groups excluding tert-OH is 1. The Hall–Kier alpha value is -7.61. The molecule has 2 aromatic carbocycles. The fourth-order valence-corrected chi connectivity index (χ4v) is 13.2. The third-order valence-electron chi connectivity index (χ3n) is 17.9. The zero-order valence-corrected chi connectivity index (χ0v) is 53.8. The Labute approximate surface area is 532 Å². The predicted octanol–water partition coefficient (Wildman–Crippen LogP) is 8.40. The molecule has 9 rings (SSSR count). The minimum absolute atomic E-state index is 0.0000443. The number of amides is 5. The molecular formula is C66H85F4N13O7S. The lowest BCUT2D eigenvalue weighted by molar-refractivity contribution is -0.144. The Bertz CT molecular complexity index is 3460. The van der Waals surface area contributed by atoms with E-state index in [0.717, 1.165) is 65.6 Å². The third-order valence-corrected chi connectivity index (χ3v) is 18.9. The van der Waals surface area contributed by atoms with Crippen LogP contribution in [0.4, 0.5) is 34.9 Å². The number of aromatic nitrogens is 4. The van der Waals surface area contributed by atoms with Crippen molar-refractivity contribution in [2.24, 2.45) is 5.41 Å². The van der Waals surface area contributed by atoms with Crippen LogP contribution < -0.4 is 31.3 Å². The van der Waals surface area contributed by atoms with Gasteiger partial charge in [-0.2, -0.15) is 13.2 Å². The van der Waals surface area contributed by atoms with E-state index in [1.54, 1.807) is 23.7 Å². The summed E-state index contributed by atoms with van der Waals surface area (Å²) in [6, 6.07) is 9.37. The summed E-state index contributed by atoms with van der Waals surface area (Å²) in [6.45, 7) is 16.9. The van der Waals surface area contributed by atoms with Gasteiger partial charge in [-0.25, -0.2) is 19.3 Å². The number of carbonyl (C=O) groups is 5. The number of β-amino-alcohol motifs (C(OH)–C–C–N with tert-alkyl or cyclic N) is 1. The first-order chi connectivity index (χ1) is 43.3. The van der Waals surface area contributed by atoms with E-state index in [0.29, 0.717) is 101 Å². The number of halogens is 4. The number of hydrogen-bond donors (Lipinski definition) is 5. The largest absolute Gasteiger partial charge is 0.417 e. The van der Waals surface area contributed by atoms with Gasteiger partial charge in [0.15, 0.2) is 0 Å². The Morgan fingerprint density at radius 1 is 0.835 bits per heavy atom. The van der Waals surface area contributed by atoms with Crippen molar-refractivity contribution in [3.63, 3.8) is 0 Å². The van der Waals surface area contributed by atoms with Crippen molar-refractivity contribution in [3.05, 3.63) is 122 Å². The second kappa shape index (κ2) is 29.8. The molecule has 0 radical (unpaired) electrons. The zero-order valence-electron chi connectivity index (χ0n) is 53.0. The average Bonchev–Trinajstić information content (AvgIpc) is 1.29. The molecule has 5 aromatic rings. The van der Waals surface area contributed by atoms with Crippen LogP contribution in [0.5, 0.6) is 0 Å². The average molecular weight is 1280 g/mol. The molecule has 3 saturated heterocycles. The fraction of sp³-hybridized carbons (Fsp3) is 0.530. The molecule has 0 bridgehead atoms. The van der Waals surface area contributed by atoms with Gasteiger partial charge in [-0.05, 0) is 81.3 Å². The lowest BCUT2D eigenvalue weighted by atomic mass is 9.85. The quantitative estimate of drug-likeness (QED) is 0.0324. The van der Waals surface area contributed by atoms with Crippen molar-refractivity contribution < 1.29 is 46.6 Å². The zero-order chi connectivity index (χ0) is 65.3. The van der Waals surface area contributed by atoms with Crippen LogP contribution in [0.25, 0.3) is 16.0 Å². The number of rotatable bonds is 22. The number of likely N-dealkylation sites (tertiary alicyclic amines) is 1. The van der Waals surface area contributed by atoms with Gasteiger partial charge in [0.2, 0.25) is 35.1 Å². The number of carbonyl (C=O) groups excluding carboxylic acids is 5. The van der Waals surface area contributed by atoms with Crippen molar-refractivity contribution in [1.82, 2.24) is 50.2 Å². The van der Waals surface area contributed by atoms with Crippen LogP contribution in [0.2, 0.25) is 0 Å². The van der Waals surface area contributed by atoms with E-state index in [1.165, 1.54) is 17.0 Å². The maximum atomic E-state index is 16.3. The van der Waals surface area contributed by atoms with Gasteiger partial charge >= 0.3 is 6.18 Å². The Morgan fingerprint density at radius 3 is 2.13 bits per heavy atom. The second-order valence-electron chi connectivity index (χ2n) is 25.7. The van der Waals surface area contributed by atoms with Crippen LogP contribution in [0.3, 0.4) is 0 Å². The summed E-state index contributed by atoms with van der Waals surface area (Å²) in [7, 11) is 1.99. The molecule has 91 heavy (non-hydrogen) atoms. The molecule has 490 valence electrons. The number of pyridine rings is 1. The number of nitrogens with one attached hydrogen (secondary N) is 4. The standard InChI is InChI=1S/C66H85F4N13O7S/c1-41-36-82(37-42(2)78(41)7)54-31-52(67)49(29-53(54)76-61(88)50-35-71-57(86)30-51(50)66(68,69)70)46-20-22-81(23-21-46)64-73-33-45(34-74-64)38-79-24-26-80(27-25-79)58(87)15-13-11-9-8-10-12-14-56(85)77-60(65(4,5)6)63(90)83-39-48(84)28-55(83)62(89)72-32-44-16-18-47(19-17-44)59-43(3)75-40-91-59/h16-20,29-31,33-35,40-42,48,55,60,84H,8-15,21-28,32,36-39H2,1-7H3,(H,71,86)(H,72,89)(H,76,88)(H,77,85)/t41-,42+,48-,55+,60-/m1/s1. The summed E-state index contributed by atoms with van der Waals surface area (Å²) in [4.78, 5) is 108. The number of thiazole rings is 1. The highest BCUT2D eigenvalue weighted by Gasteiger charge is 2.45. The number of anilines is 3. The predicted molar refractivity (Wildman–Crippen MR) is 343 cm³/mol. The molecule has 0 spiro atoms. The molecular weight excluding hydrogens is 1190 g/mol.